The minimum absolute atomic E-state index is 0.495. The first-order valence-electron chi connectivity index (χ1n) is 8.14. The van der Waals surface area contributed by atoms with Crippen molar-refractivity contribution in [3.05, 3.63) is 64.8 Å². The summed E-state index contributed by atoms with van der Waals surface area (Å²) < 4.78 is 0.905. The number of hydrogen-bond donors (Lipinski definition) is 2. The Balaban J connectivity index is 1.87. The average molecular weight is 403 g/mol. The summed E-state index contributed by atoms with van der Waals surface area (Å²) >= 11 is 2.49. The molecule has 1 aromatic heterocycles. The molecule has 3 aromatic rings. The fourth-order valence-corrected chi connectivity index (χ4v) is 3.12. The fourth-order valence-electron chi connectivity index (χ4n) is 2.78. The van der Waals surface area contributed by atoms with E-state index in [1.54, 1.807) is 18.3 Å². The van der Waals surface area contributed by atoms with Crippen LogP contribution in [-0.4, -0.2) is 26.8 Å². The van der Waals surface area contributed by atoms with Crippen LogP contribution >= 0.6 is 0 Å². The third-order valence-corrected chi connectivity index (χ3v) is 4.65. The Bertz CT molecular complexity index is 967. The summed E-state index contributed by atoms with van der Waals surface area (Å²) in [5.41, 5.74) is 6.10. The summed E-state index contributed by atoms with van der Waals surface area (Å²) in [6.45, 7) is 6.27. The third-order valence-electron chi connectivity index (χ3n) is 3.96. The Labute approximate surface area is 162 Å². The number of rotatable bonds is 4. The van der Waals surface area contributed by atoms with E-state index >= 15 is 0 Å². The summed E-state index contributed by atoms with van der Waals surface area (Å²) in [4.78, 5) is 8.93. The van der Waals surface area contributed by atoms with Crippen molar-refractivity contribution < 1.29 is 0 Å². The van der Waals surface area contributed by atoms with Gasteiger partial charge in [-0.15, -0.1) is 0 Å². The van der Waals surface area contributed by atoms with Crippen LogP contribution in [-0.2, 0) is 0 Å². The zero-order valence-electron chi connectivity index (χ0n) is 14.8. The van der Waals surface area contributed by atoms with Crippen molar-refractivity contribution in [3.63, 3.8) is 0 Å². The van der Waals surface area contributed by atoms with Crippen molar-refractivity contribution in [2.45, 2.75) is 20.8 Å². The molecule has 0 saturated heterocycles. The number of nitrogens with zero attached hydrogens (tertiary/aromatic N) is 3. The quantitative estimate of drug-likeness (QED) is 0.652. The van der Waals surface area contributed by atoms with Gasteiger partial charge in [0.25, 0.3) is 0 Å². The van der Waals surface area contributed by atoms with Crippen molar-refractivity contribution >= 4 is 44.3 Å². The van der Waals surface area contributed by atoms with Gasteiger partial charge in [-0.2, -0.15) is 0 Å². The molecule has 0 aliphatic heterocycles. The molecule has 26 heavy (non-hydrogen) atoms. The second-order valence-corrected chi connectivity index (χ2v) is 7.15. The molecule has 0 aliphatic rings. The number of hydrogen-bond acceptors (Lipinski definition) is 5. The molecule has 0 saturated carbocycles. The maximum absolute atomic E-state index is 8.88. The summed E-state index contributed by atoms with van der Waals surface area (Å²) in [5.74, 6) is 1.24. The summed E-state index contributed by atoms with van der Waals surface area (Å²) in [5, 5.41) is 15.5. The van der Waals surface area contributed by atoms with Crippen molar-refractivity contribution in [1.82, 2.24) is 9.97 Å². The fraction of sp³-hybridized carbons (Fsp3) is 0.150. The second kappa shape index (κ2) is 7.59. The van der Waals surface area contributed by atoms with E-state index in [2.05, 4.69) is 76.4 Å². The number of nitrogens with one attached hydrogen (secondary N) is 2. The zero-order valence-corrected chi connectivity index (χ0v) is 16.7. The van der Waals surface area contributed by atoms with Crippen LogP contribution in [0.15, 0.2) is 42.6 Å². The molecule has 0 amide bonds. The molecular weight excluding hydrogens is 385 g/mol. The van der Waals surface area contributed by atoms with Crippen molar-refractivity contribution in [3.8, 4) is 6.07 Å². The molecule has 3 rings (SSSR count). The van der Waals surface area contributed by atoms with E-state index in [9.17, 15) is 0 Å². The Hall–Kier alpha value is -2.83. The van der Waals surface area contributed by atoms with Crippen molar-refractivity contribution in [1.29, 1.82) is 5.26 Å². The molecule has 5 nitrogen and oxygen atoms in total. The molecule has 0 spiro atoms. The molecule has 2 N–H and O–H groups in total. The first kappa shape index (κ1) is 18.0. The van der Waals surface area contributed by atoms with Gasteiger partial charge in [-0.3, -0.25) is 0 Å². The van der Waals surface area contributed by atoms with Gasteiger partial charge < -0.3 is 0 Å². The predicted molar refractivity (Wildman–Crippen MR) is 106 cm³/mol. The molecule has 1 heterocycles. The zero-order chi connectivity index (χ0) is 18.7. The summed E-state index contributed by atoms with van der Waals surface area (Å²) in [7, 11) is 0. The molecule has 2 radical (unpaired) electrons. The van der Waals surface area contributed by atoms with Gasteiger partial charge in [-0.1, -0.05) is 0 Å². The van der Waals surface area contributed by atoms with E-state index in [0.717, 1.165) is 21.5 Å². The van der Waals surface area contributed by atoms with E-state index in [1.807, 2.05) is 12.1 Å². The number of benzene rings is 2. The van der Waals surface area contributed by atoms with Gasteiger partial charge in [0.05, 0.1) is 0 Å². The summed E-state index contributed by atoms with van der Waals surface area (Å²) in [6, 6.07) is 13.6. The number of aryl methyl sites for hydroxylation is 3. The molecule has 2 aromatic carbocycles. The Morgan fingerprint density at radius 3 is 2.27 bits per heavy atom. The van der Waals surface area contributed by atoms with Crippen molar-refractivity contribution in [2.75, 3.05) is 10.6 Å². The first-order valence-corrected chi connectivity index (χ1v) is 9.08. The predicted octanol–water partition coefficient (Wildman–Crippen LogP) is 3.55. The van der Waals surface area contributed by atoms with Crippen LogP contribution < -0.4 is 15.0 Å². The topological polar surface area (TPSA) is 73.6 Å². The molecular formula is C20H18AsN5. The molecule has 6 heteroatoms. The summed E-state index contributed by atoms with van der Waals surface area (Å²) in [6.07, 6.45) is 1.76. The number of anilines is 4. The van der Waals surface area contributed by atoms with Crippen LogP contribution in [0.4, 0.5) is 23.1 Å². The third kappa shape index (κ3) is 4.04. The monoisotopic (exact) mass is 403 g/mol. The average Bonchev–Trinajstić information content (AvgIpc) is 2.61. The molecule has 0 fully saturated rings. The van der Waals surface area contributed by atoms with Gasteiger partial charge in [0.2, 0.25) is 0 Å². The molecule has 0 aliphatic carbocycles. The molecule has 0 bridgehead atoms. The van der Waals surface area contributed by atoms with Crippen LogP contribution in [0.3, 0.4) is 0 Å². The van der Waals surface area contributed by atoms with Gasteiger partial charge in [0.1, 0.15) is 0 Å². The van der Waals surface area contributed by atoms with Gasteiger partial charge >= 0.3 is 162 Å². The van der Waals surface area contributed by atoms with Crippen LogP contribution in [0.5, 0.6) is 0 Å². The van der Waals surface area contributed by atoms with E-state index in [0.29, 0.717) is 11.5 Å². The standard InChI is InChI=1S/C20H18AsN5/c1-12-8-13(2)18(14(3)9-12)25-19-17(21)11-23-20(26-19)24-16-6-4-15(10-22)5-7-16/h4-9,11H,1-3H3,(H2,23,24,25,26). The van der Waals surface area contributed by atoms with Gasteiger partial charge in [-0.25, -0.2) is 0 Å². The number of nitriles is 1. The maximum atomic E-state index is 8.88. The molecule has 0 unspecified atom stereocenters. The van der Waals surface area contributed by atoms with E-state index in [4.69, 9.17) is 5.26 Å². The van der Waals surface area contributed by atoms with E-state index in [-0.39, 0.29) is 0 Å². The van der Waals surface area contributed by atoms with Gasteiger partial charge in [0.15, 0.2) is 0 Å². The van der Waals surface area contributed by atoms with Gasteiger partial charge in [-0.05, 0) is 0 Å². The minimum atomic E-state index is 0.495. The van der Waals surface area contributed by atoms with Crippen LogP contribution in [0.2, 0.25) is 0 Å². The van der Waals surface area contributed by atoms with Crippen LogP contribution in [0, 0.1) is 32.1 Å². The second-order valence-electron chi connectivity index (χ2n) is 6.14. The van der Waals surface area contributed by atoms with Crippen LogP contribution in [0.1, 0.15) is 22.3 Å². The van der Waals surface area contributed by atoms with E-state index in [1.165, 1.54) is 16.7 Å². The molecule has 128 valence electrons. The Morgan fingerprint density at radius 2 is 1.65 bits per heavy atom. The van der Waals surface area contributed by atoms with E-state index < -0.39 is 0 Å². The number of aromatic nitrogens is 2. The van der Waals surface area contributed by atoms with Crippen molar-refractivity contribution in [2.24, 2.45) is 0 Å². The Kier molecular flexibility index (Phi) is 5.25. The Morgan fingerprint density at radius 1 is 1.00 bits per heavy atom. The van der Waals surface area contributed by atoms with Crippen LogP contribution in [0.25, 0.3) is 0 Å². The SMILES string of the molecule is Cc1cc(C)c(Nc2nc(Nc3ccc(C#N)cc3)ncc2[As])c(C)c1. The van der Waals surface area contributed by atoms with Gasteiger partial charge in [0, 0.05) is 0 Å². The normalized spacial score (nSPS) is 10.3. The first-order chi connectivity index (χ1) is 12.5. The molecule has 0 atom stereocenters.